The predicted octanol–water partition coefficient (Wildman–Crippen LogP) is 4.24. The zero-order chi connectivity index (χ0) is 13.4. The molecule has 0 spiro atoms. The maximum atomic E-state index is 13.4. The van der Waals surface area contributed by atoms with Crippen LogP contribution in [0.4, 0.5) is 4.39 Å². The van der Waals surface area contributed by atoms with E-state index < -0.39 is 11.9 Å². The lowest BCUT2D eigenvalue weighted by Gasteiger charge is -2.31. The zero-order valence-electron chi connectivity index (χ0n) is 10.3. The van der Waals surface area contributed by atoms with Gasteiger partial charge in [-0.1, -0.05) is 48.0 Å². The van der Waals surface area contributed by atoms with Crippen LogP contribution < -0.4 is 0 Å². The smallest absolute Gasteiger partial charge is 0.142 e. The van der Waals surface area contributed by atoms with Gasteiger partial charge in [0.05, 0.1) is 11.1 Å². The highest BCUT2D eigenvalue weighted by atomic mass is 35.5. The largest absolute Gasteiger partial charge is 0.388 e. The van der Waals surface area contributed by atoms with Crippen molar-refractivity contribution in [2.24, 2.45) is 0 Å². The first-order valence-electron chi connectivity index (χ1n) is 6.36. The van der Waals surface area contributed by atoms with E-state index in [0.717, 1.165) is 6.42 Å². The van der Waals surface area contributed by atoms with Crippen LogP contribution >= 0.6 is 11.6 Å². The Morgan fingerprint density at radius 3 is 2.79 bits per heavy atom. The molecule has 1 nitrogen and oxygen atoms in total. The van der Waals surface area contributed by atoms with E-state index in [1.54, 1.807) is 12.1 Å². The first kappa shape index (κ1) is 12.6. The van der Waals surface area contributed by atoms with Crippen LogP contribution in [0.2, 0.25) is 5.02 Å². The van der Waals surface area contributed by atoms with Crippen molar-refractivity contribution in [3.8, 4) is 0 Å². The van der Waals surface area contributed by atoms with Gasteiger partial charge in [-0.25, -0.2) is 4.39 Å². The van der Waals surface area contributed by atoms with E-state index in [-0.39, 0.29) is 5.02 Å². The molecule has 0 aliphatic heterocycles. The molecule has 0 amide bonds. The summed E-state index contributed by atoms with van der Waals surface area (Å²) in [6.07, 6.45) is 0.835. The number of aliphatic hydroxyl groups is 1. The molecule has 0 heterocycles. The van der Waals surface area contributed by atoms with Gasteiger partial charge in [-0.2, -0.15) is 0 Å². The first-order valence-corrected chi connectivity index (χ1v) is 6.74. The molecule has 2 atom stereocenters. The molecule has 1 aliphatic carbocycles. The van der Waals surface area contributed by atoms with Crippen molar-refractivity contribution in [1.29, 1.82) is 0 Å². The number of hydrogen-bond acceptors (Lipinski definition) is 1. The molecule has 0 bridgehead atoms. The summed E-state index contributed by atoms with van der Waals surface area (Å²) in [7, 11) is 0. The van der Waals surface area contributed by atoms with E-state index in [2.05, 4.69) is 12.1 Å². The fourth-order valence-electron chi connectivity index (χ4n) is 2.75. The highest BCUT2D eigenvalue weighted by molar-refractivity contribution is 6.31. The number of hydrogen-bond donors (Lipinski definition) is 1. The number of rotatable bonds is 3. The lowest BCUT2D eigenvalue weighted by Crippen LogP contribution is -2.19. The molecule has 1 aliphatic rings. The van der Waals surface area contributed by atoms with Crippen LogP contribution in [-0.2, 0) is 6.42 Å². The molecule has 2 unspecified atom stereocenters. The Kier molecular flexibility index (Phi) is 3.29. The standard InChI is InChI=1S/C16H14ClFO/c17-16-13(6-3-7-14(16)18)15(19)9-11-8-10-4-1-2-5-12(10)11/h1-7,11,15,19H,8-9H2. The second-order valence-electron chi connectivity index (χ2n) is 4.99. The van der Waals surface area contributed by atoms with Crippen molar-refractivity contribution in [2.75, 3.05) is 0 Å². The van der Waals surface area contributed by atoms with Gasteiger partial charge in [0.2, 0.25) is 0 Å². The monoisotopic (exact) mass is 276 g/mol. The minimum Gasteiger partial charge on any atom is -0.388 e. The third kappa shape index (κ3) is 2.26. The van der Waals surface area contributed by atoms with Crippen molar-refractivity contribution >= 4 is 11.6 Å². The Hall–Kier alpha value is -1.38. The van der Waals surface area contributed by atoms with Gasteiger partial charge in [0.15, 0.2) is 0 Å². The summed E-state index contributed by atoms with van der Waals surface area (Å²) in [5, 5.41) is 10.3. The number of benzene rings is 2. The molecule has 1 N–H and O–H groups in total. The summed E-state index contributed by atoms with van der Waals surface area (Å²) in [5.41, 5.74) is 3.10. The summed E-state index contributed by atoms with van der Waals surface area (Å²) in [5.74, 6) is -0.141. The van der Waals surface area contributed by atoms with Gasteiger partial charge in [0.1, 0.15) is 5.82 Å². The molecular formula is C16H14ClFO. The molecule has 0 saturated heterocycles. The topological polar surface area (TPSA) is 20.2 Å². The average Bonchev–Trinajstić information content (AvgIpc) is 2.39. The highest BCUT2D eigenvalue weighted by Crippen LogP contribution is 2.41. The minimum atomic E-state index is -0.721. The minimum absolute atomic E-state index is 0.0302. The Morgan fingerprint density at radius 2 is 2.00 bits per heavy atom. The Bertz CT molecular complexity index is 611. The summed E-state index contributed by atoms with van der Waals surface area (Å²) in [6, 6.07) is 12.8. The van der Waals surface area contributed by atoms with Crippen molar-refractivity contribution in [3.05, 3.63) is 70.0 Å². The summed E-state index contributed by atoms with van der Waals surface area (Å²) in [4.78, 5) is 0. The quantitative estimate of drug-likeness (QED) is 0.889. The lowest BCUT2D eigenvalue weighted by atomic mass is 9.74. The third-order valence-corrected chi connectivity index (χ3v) is 4.21. The highest BCUT2D eigenvalue weighted by Gasteiger charge is 2.28. The van der Waals surface area contributed by atoms with Gasteiger partial charge in [-0.05, 0) is 36.0 Å². The van der Waals surface area contributed by atoms with Crippen molar-refractivity contribution < 1.29 is 9.50 Å². The normalized spacial score (nSPS) is 18.6. The van der Waals surface area contributed by atoms with Crippen molar-refractivity contribution in [1.82, 2.24) is 0 Å². The van der Waals surface area contributed by atoms with E-state index in [4.69, 9.17) is 11.6 Å². The Morgan fingerprint density at radius 1 is 1.21 bits per heavy atom. The molecular weight excluding hydrogens is 263 g/mol. The first-order chi connectivity index (χ1) is 9.16. The third-order valence-electron chi connectivity index (χ3n) is 3.81. The molecule has 2 aromatic carbocycles. The van der Waals surface area contributed by atoms with Gasteiger partial charge in [0.25, 0.3) is 0 Å². The van der Waals surface area contributed by atoms with Gasteiger partial charge < -0.3 is 5.11 Å². The number of aliphatic hydroxyl groups excluding tert-OH is 1. The average molecular weight is 277 g/mol. The van der Waals surface area contributed by atoms with Crippen molar-refractivity contribution in [3.63, 3.8) is 0 Å². The summed E-state index contributed by atoms with van der Waals surface area (Å²) in [6.45, 7) is 0. The molecule has 0 radical (unpaired) electrons. The zero-order valence-corrected chi connectivity index (χ0v) is 11.1. The van der Waals surface area contributed by atoms with Crippen molar-refractivity contribution in [2.45, 2.75) is 24.9 Å². The number of fused-ring (bicyclic) bond motifs is 1. The van der Waals surface area contributed by atoms with Gasteiger partial charge in [-0.3, -0.25) is 0 Å². The van der Waals surface area contributed by atoms with E-state index in [1.165, 1.54) is 17.2 Å². The fourth-order valence-corrected chi connectivity index (χ4v) is 3.00. The Labute approximate surface area is 116 Å². The molecule has 98 valence electrons. The van der Waals surface area contributed by atoms with Crippen LogP contribution in [0.15, 0.2) is 42.5 Å². The summed E-state index contributed by atoms with van der Waals surface area (Å²) >= 11 is 5.90. The SMILES string of the molecule is OC(CC1Cc2ccccc21)c1cccc(F)c1Cl. The summed E-state index contributed by atoms with van der Waals surface area (Å²) < 4.78 is 13.4. The molecule has 0 aromatic heterocycles. The van der Waals surface area contributed by atoms with Crippen LogP contribution in [-0.4, -0.2) is 5.11 Å². The lowest BCUT2D eigenvalue weighted by molar-refractivity contribution is 0.153. The van der Waals surface area contributed by atoms with E-state index in [0.29, 0.717) is 17.9 Å². The molecule has 3 rings (SSSR count). The van der Waals surface area contributed by atoms with Crippen LogP contribution in [0.5, 0.6) is 0 Å². The Balaban J connectivity index is 1.77. The van der Waals surface area contributed by atoms with Gasteiger partial charge >= 0.3 is 0 Å². The second-order valence-corrected chi connectivity index (χ2v) is 5.37. The molecule has 0 fully saturated rings. The molecule has 19 heavy (non-hydrogen) atoms. The van der Waals surface area contributed by atoms with Gasteiger partial charge in [0, 0.05) is 5.56 Å². The van der Waals surface area contributed by atoms with Crippen LogP contribution in [0, 0.1) is 5.82 Å². The van der Waals surface area contributed by atoms with Crippen LogP contribution in [0.3, 0.4) is 0 Å². The predicted molar refractivity (Wildman–Crippen MR) is 73.9 cm³/mol. The fraction of sp³-hybridized carbons (Fsp3) is 0.250. The van der Waals surface area contributed by atoms with Crippen LogP contribution in [0.1, 0.15) is 35.1 Å². The molecule has 2 aromatic rings. The van der Waals surface area contributed by atoms with E-state index in [1.807, 2.05) is 12.1 Å². The maximum absolute atomic E-state index is 13.4. The van der Waals surface area contributed by atoms with Gasteiger partial charge in [-0.15, -0.1) is 0 Å². The number of halogens is 2. The van der Waals surface area contributed by atoms with E-state index >= 15 is 0 Å². The molecule has 3 heteroatoms. The molecule has 0 saturated carbocycles. The maximum Gasteiger partial charge on any atom is 0.142 e. The van der Waals surface area contributed by atoms with Crippen LogP contribution in [0.25, 0.3) is 0 Å². The second kappa shape index (κ2) is 4.95. The van der Waals surface area contributed by atoms with E-state index in [9.17, 15) is 9.50 Å².